The van der Waals surface area contributed by atoms with Crippen molar-refractivity contribution in [1.82, 2.24) is 19.9 Å². The van der Waals surface area contributed by atoms with Crippen LogP contribution in [0.3, 0.4) is 0 Å². The fourth-order valence-corrected chi connectivity index (χ4v) is 3.85. The second kappa shape index (κ2) is 8.07. The van der Waals surface area contributed by atoms with E-state index in [4.69, 9.17) is 4.52 Å². The SMILES string of the molecule is Fc1ccc(CN2CCCN(Cc3nc(-c4cccs4)no3)CC2)cc1. The van der Waals surface area contributed by atoms with Crippen LogP contribution in [0.2, 0.25) is 0 Å². The number of hydrogen-bond acceptors (Lipinski definition) is 6. The van der Waals surface area contributed by atoms with E-state index in [-0.39, 0.29) is 5.82 Å². The third kappa shape index (κ3) is 4.35. The van der Waals surface area contributed by atoms with E-state index in [2.05, 4.69) is 19.9 Å². The zero-order valence-electron chi connectivity index (χ0n) is 14.5. The molecule has 0 bridgehead atoms. The molecule has 136 valence electrons. The highest BCUT2D eigenvalue weighted by atomic mass is 32.1. The Hall–Kier alpha value is -2.09. The molecule has 1 aromatic carbocycles. The van der Waals surface area contributed by atoms with Crippen LogP contribution in [-0.4, -0.2) is 46.1 Å². The predicted octanol–water partition coefficient (Wildman–Crippen LogP) is 3.65. The number of hydrogen-bond donors (Lipinski definition) is 0. The summed E-state index contributed by atoms with van der Waals surface area (Å²) in [5.74, 6) is 1.15. The maximum Gasteiger partial charge on any atom is 0.241 e. The Kier molecular flexibility index (Phi) is 5.38. The van der Waals surface area contributed by atoms with Crippen LogP contribution < -0.4 is 0 Å². The third-order valence-corrected chi connectivity index (χ3v) is 5.43. The molecule has 26 heavy (non-hydrogen) atoms. The summed E-state index contributed by atoms with van der Waals surface area (Å²) in [6.45, 7) is 5.52. The van der Waals surface area contributed by atoms with Crippen LogP contribution in [0, 0.1) is 5.82 Å². The van der Waals surface area contributed by atoms with Crippen LogP contribution in [0.15, 0.2) is 46.3 Å². The number of nitrogens with zero attached hydrogens (tertiary/aromatic N) is 4. The normalized spacial score (nSPS) is 16.7. The quantitative estimate of drug-likeness (QED) is 0.684. The van der Waals surface area contributed by atoms with E-state index in [9.17, 15) is 4.39 Å². The van der Waals surface area contributed by atoms with Crippen LogP contribution >= 0.6 is 11.3 Å². The molecule has 0 unspecified atom stereocenters. The Morgan fingerprint density at radius 2 is 1.77 bits per heavy atom. The van der Waals surface area contributed by atoms with Crippen molar-refractivity contribution in [2.75, 3.05) is 26.2 Å². The maximum atomic E-state index is 13.0. The molecular weight excluding hydrogens is 351 g/mol. The van der Waals surface area contributed by atoms with E-state index in [0.29, 0.717) is 18.3 Å². The first-order valence-corrected chi connectivity index (χ1v) is 9.70. The molecule has 4 rings (SSSR count). The summed E-state index contributed by atoms with van der Waals surface area (Å²) in [6.07, 6.45) is 1.09. The number of rotatable bonds is 5. The monoisotopic (exact) mass is 372 g/mol. The van der Waals surface area contributed by atoms with E-state index >= 15 is 0 Å². The number of aromatic nitrogens is 2. The predicted molar refractivity (Wildman–Crippen MR) is 99.2 cm³/mol. The molecule has 0 amide bonds. The van der Waals surface area contributed by atoms with E-state index in [0.717, 1.165) is 49.6 Å². The molecule has 1 aliphatic heterocycles. The molecule has 1 aliphatic rings. The summed E-state index contributed by atoms with van der Waals surface area (Å²) in [7, 11) is 0. The highest BCUT2D eigenvalue weighted by molar-refractivity contribution is 7.13. The van der Waals surface area contributed by atoms with Crippen molar-refractivity contribution in [2.24, 2.45) is 0 Å². The van der Waals surface area contributed by atoms with Gasteiger partial charge in [0, 0.05) is 19.6 Å². The molecule has 3 heterocycles. The number of halogens is 1. The molecule has 5 nitrogen and oxygen atoms in total. The zero-order valence-corrected chi connectivity index (χ0v) is 15.3. The second-order valence-corrected chi connectivity index (χ2v) is 7.47. The van der Waals surface area contributed by atoms with Crippen molar-refractivity contribution in [2.45, 2.75) is 19.5 Å². The van der Waals surface area contributed by atoms with Gasteiger partial charge in [-0.2, -0.15) is 4.98 Å². The summed E-state index contributed by atoms with van der Waals surface area (Å²) >= 11 is 1.61. The number of benzene rings is 1. The Balaban J connectivity index is 1.31. The lowest BCUT2D eigenvalue weighted by molar-refractivity contribution is 0.222. The summed E-state index contributed by atoms with van der Waals surface area (Å²) < 4.78 is 18.5. The fraction of sp³-hybridized carbons (Fsp3) is 0.368. The van der Waals surface area contributed by atoms with Gasteiger partial charge in [0.15, 0.2) is 0 Å². The molecule has 1 saturated heterocycles. The fourth-order valence-electron chi connectivity index (χ4n) is 3.20. The van der Waals surface area contributed by atoms with Gasteiger partial charge in [-0.15, -0.1) is 11.3 Å². The highest BCUT2D eigenvalue weighted by Crippen LogP contribution is 2.21. The minimum Gasteiger partial charge on any atom is -0.338 e. The molecule has 0 N–H and O–H groups in total. The van der Waals surface area contributed by atoms with Gasteiger partial charge in [0.05, 0.1) is 11.4 Å². The molecule has 7 heteroatoms. The van der Waals surface area contributed by atoms with Crippen molar-refractivity contribution in [3.8, 4) is 10.7 Å². The van der Waals surface area contributed by atoms with Crippen LogP contribution in [0.4, 0.5) is 4.39 Å². The molecular formula is C19H21FN4OS. The highest BCUT2D eigenvalue weighted by Gasteiger charge is 2.18. The van der Waals surface area contributed by atoms with Gasteiger partial charge in [-0.25, -0.2) is 4.39 Å². The molecule has 0 spiro atoms. The smallest absolute Gasteiger partial charge is 0.241 e. The lowest BCUT2D eigenvalue weighted by Crippen LogP contribution is -2.30. The van der Waals surface area contributed by atoms with Gasteiger partial charge < -0.3 is 4.52 Å². The van der Waals surface area contributed by atoms with Crippen molar-refractivity contribution < 1.29 is 8.91 Å². The number of thiophene rings is 1. The minimum absolute atomic E-state index is 0.183. The van der Waals surface area contributed by atoms with Crippen molar-refractivity contribution in [1.29, 1.82) is 0 Å². The van der Waals surface area contributed by atoms with E-state index in [1.165, 1.54) is 12.1 Å². The first-order chi connectivity index (χ1) is 12.8. The van der Waals surface area contributed by atoms with Gasteiger partial charge in [-0.3, -0.25) is 9.80 Å². The zero-order chi connectivity index (χ0) is 17.8. The topological polar surface area (TPSA) is 45.4 Å². The molecule has 0 atom stereocenters. The Morgan fingerprint density at radius 3 is 2.50 bits per heavy atom. The summed E-state index contributed by atoms with van der Waals surface area (Å²) in [5.41, 5.74) is 1.15. The van der Waals surface area contributed by atoms with Crippen LogP contribution in [0.5, 0.6) is 0 Å². The van der Waals surface area contributed by atoms with E-state index in [1.54, 1.807) is 11.3 Å². The Bertz CT molecular complexity index is 818. The molecule has 1 fully saturated rings. The van der Waals surface area contributed by atoms with Gasteiger partial charge >= 0.3 is 0 Å². The lowest BCUT2D eigenvalue weighted by atomic mass is 10.2. The van der Waals surface area contributed by atoms with E-state index in [1.807, 2.05) is 29.6 Å². The largest absolute Gasteiger partial charge is 0.338 e. The van der Waals surface area contributed by atoms with Crippen LogP contribution in [0.1, 0.15) is 17.9 Å². The average Bonchev–Trinajstić information content (AvgIpc) is 3.28. The first-order valence-electron chi connectivity index (χ1n) is 8.82. The molecule has 0 aliphatic carbocycles. The van der Waals surface area contributed by atoms with Gasteiger partial charge in [-0.05, 0) is 48.7 Å². The minimum atomic E-state index is -0.183. The van der Waals surface area contributed by atoms with Crippen molar-refractivity contribution >= 4 is 11.3 Å². The summed E-state index contributed by atoms with van der Waals surface area (Å²) in [5, 5.41) is 6.09. The second-order valence-electron chi connectivity index (χ2n) is 6.52. The molecule has 0 saturated carbocycles. The third-order valence-electron chi connectivity index (χ3n) is 4.57. The molecule has 0 radical (unpaired) electrons. The Labute approximate surface area is 156 Å². The lowest BCUT2D eigenvalue weighted by Gasteiger charge is -2.20. The van der Waals surface area contributed by atoms with Gasteiger partial charge in [0.1, 0.15) is 5.82 Å². The van der Waals surface area contributed by atoms with Gasteiger partial charge in [0.2, 0.25) is 11.7 Å². The van der Waals surface area contributed by atoms with E-state index < -0.39 is 0 Å². The van der Waals surface area contributed by atoms with Crippen molar-refractivity contribution in [3.63, 3.8) is 0 Å². The Morgan fingerprint density at radius 1 is 1.00 bits per heavy atom. The molecule has 2 aromatic heterocycles. The molecule has 3 aromatic rings. The maximum absolute atomic E-state index is 13.0. The van der Waals surface area contributed by atoms with Crippen molar-refractivity contribution in [3.05, 3.63) is 59.0 Å². The van der Waals surface area contributed by atoms with Crippen LogP contribution in [0.25, 0.3) is 10.7 Å². The summed E-state index contributed by atoms with van der Waals surface area (Å²) in [4.78, 5) is 10.3. The van der Waals surface area contributed by atoms with Crippen LogP contribution in [-0.2, 0) is 13.1 Å². The summed E-state index contributed by atoms with van der Waals surface area (Å²) in [6, 6.07) is 10.8. The standard InChI is InChI=1S/C19H21FN4OS/c20-16-6-4-15(5-7-16)13-23-8-2-9-24(11-10-23)14-18-21-19(22-25-18)17-3-1-12-26-17/h1,3-7,12H,2,8-11,13-14H2. The van der Waals surface area contributed by atoms with Gasteiger partial charge in [0.25, 0.3) is 0 Å². The first kappa shape index (κ1) is 17.3. The average molecular weight is 372 g/mol. The van der Waals surface area contributed by atoms with Gasteiger partial charge in [-0.1, -0.05) is 23.4 Å².